The Balaban J connectivity index is 1.77. The Morgan fingerprint density at radius 3 is 2.76 bits per heavy atom. The summed E-state index contributed by atoms with van der Waals surface area (Å²) in [6, 6.07) is 11.5. The molecule has 124 valence electrons. The molecule has 25 heavy (non-hydrogen) atoms. The van der Waals surface area contributed by atoms with Gasteiger partial charge in [0.25, 0.3) is 0 Å². The van der Waals surface area contributed by atoms with E-state index >= 15 is 0 Å². The summed E-state index contributed by atoms with van der Waals surface area (Å²) in [6.45, 7) is 0.639. The molecule has 0 radical (unpaired) electrons. The lowest BCUT2D eigenvalue weighted by Gasteiger charge is -2.09. The Morgan fingerprint density at radius 1 is 1.12 bits per heavy atom. The molecule has 0 fully saturated rings. The van der Waals surface area contributed by atoms with E-state index < -0.39 is 0 Å². The fourth-order valence-electron chi connectivity index (χ4n) is 2.65. The molecule has 0 aliphatic carbocycles. The molecular weight excluding hydrogens is 314 g/mol. The van der Waals surface area contributed by atoms with E-state index in [1.165, 1.54) is 0 Å². The molecule has 0 atom stereocenters. The standard InChI is InChI=1S/C18H17N7/c1-25-18-15(11-22-25)17(21-10-12-5-7-20-8-6-12)23-16(24-18)13-3-2-4-14(19)9-13/h2-9,11H,10,19H2,1H3,(H,21,23,24). The van der Waals surface area contributed by atoms with Crippen molar-refractivity contribution in [3.63, 3.8) is 0 Å². The number of anilines is 2. The summed E-state index contributed by atoms with van der Waals surface area (Å²) in [5.74, 6) is 1.35. The zero-order chi connectivity index (χ0) is 17.2. The minimum atomic E-state index is 0.612. The molecule has 0 aliphatic heterocycles. The Kier molecular flexibility index (Phi) is 3.74. The third-order valence-corrected chi connectivity index (χ3v) is 3.95. The van der Waals surface area contributed by atoms with E-state index in [4.69, 9.17) is 10.7 Å². The van der Waals surface area contributed by atoms with Gasteiger partial charge in [-0.05, 0) is 29.8 Å². The highest BCUT2D eigenvalue weighted by Gasteiger charge is 2.13. The van der Waals surface area contributed by atoms with E-state index in [0.29, 0.717) is 18.1 Å². The van der Waals surface area contributed by atoms with Gasteiger partial charge in [0.15, 0.2) is 11.5 Å². The first-order valence-electron chi connectivity index (χ1n) is 7.89. The topological polar surface area (TPSA) is 94.5 Å². The summed E-state index contributed by atoms with van der Waals surface area (Å²) in [6.07, 6.45) is 5.32. The number of pyridine rings is 1. The van der Waals surface area contributed by atoms with Crippen molar-refractivity contribution in [3.05, 3.63) is 60.6 Å². The summed E-state index contributed by atoms with van der Waals surface area (Å²) >= 11 is 0. The summed E-state index contributed by atoms with van der Waals surface area (Å²) in [5, 5.41) is 8.56. The lowest BCUT2D eigenvalue weighted by Crippen LogP contribution is -2.05. The average Bonchev–Trinajstić information content (AvgIpc) is 3.02. The zero-order valence-electron chi connectivity index (χ0n) is 13.7. The molecule has 0 saturated carbocycles. The summed E-state index contributed by atoms with van der Waals surface area (Å²) < 4.78 is 1.74. The van der Waals surface area contributed by atoms with Crippen LogP contribution >= 0.6 is 0 Å². The quantitative estimate of drug-likeness (QED) is 0.558. The highest BCUT2D eigenvalue weighted by molar-refractivity contribution is 5.88. The first-order valence-corrected chi connectivity index (χ1v) is 7.89. The molecule has 0 aliphatic rings. The van der Waals surface area contributed by atoms with Crippen LogP contribution in [0.5, 0.6) is 0 Å². The lowest BCUT2D eigenvalue weighted by atomic mass is 10.2. The van der Waals surface area contributed by atoms with Crippen molar-refractivity contribution in [1.29, 1.82) is 0 Å². The van der Waals surface area contributed by atoms with Crippen molar-refractivity contribution in [1.82, 2.24) is 24.7 Å². The SMILES string of the molecule is Cn1ncc2c(NCc3ccncc3)nc(-c3cccc(N)c3)nc21. The van der Waals surface area contributed by atoms with Gasteiger partial charge in [-0.25, -0.2) is 9.97 Å². The van der Waals surface area contributed by atoms with Crippen LogP contribution < -0.4 is 11.1 Å². The van der Waals surface area contributed by atoms with Gasteiger partial charge in [0, 0.05) is 37.2 Å². The van der Waals surface area contributed by atoms with Crippen LogP contribution in [-0.2, 0) is 13.6 Å². The lowest BCUT2D eigenvalue weighted by molar-refractivity contribution is 0.786. The van der Waals surface area contributed by atoms with Crippen LogP contribution in [-0.4, -0.2) is 24.7 Å². The molecule has 4 aromatic rings. The van der Waals surface area contributed by atoms with Gasteiger partial charge in [-0.1, -0.05) is 12.1 Å². The van der Waals surface area contributed by atoms with E-state index in [0.717, 1.165) is 28.0 Å². The Morgan fingerprint density at radius 2 is 1.96 bits per heavy atom. The van der Waals surface area contributed by atoms with Crippen molar-refractivity contribution < 1.29 is 0 Å². The highest BCUT2D eigenvalue weighted by atomic mass is 15.3. The normalized spacial score (nSPS) is 10.9. The number of rotatable bonds is 4. The van der Waals surface area contributed by atoms with Crippen LogP contribution in [0.4, 0.5) is 11.5 Å². The number of benzene rings is 1. The van der Waals surface area contributed by atoms with Crippen LogP contribution in [0.15, 0.2) is 55.0 Å². The number of fused-ring (bicyclic) bond motifs is 1. The van der Waals surface area contributed by atoms with Gasteiger partial charge in [-0.15, -0.1) is 0 Å². The predicted molar refractivity (Wildman–Crippen MR) is 97.7 cm³/mol. The third-order valence-electron chi connectivity index (χ3n) is 3.95. The molecule has 0 spiro atoms. The zero-order valence-corrected chi connectivity index (χ0v) is 13.7. The van der Waals surface area contributed by atoms with Crippen LogP contribution in [0.25, 0.3) is 22.4 Å². The fraction of sp³-hybridized carbons (Fsp3) is 0.111. The van der Waals surface area contributed by atoms with Gasteiger partial charge in [0.1, 0.15) is 5.82 Å². The van der Waals surface area contributed by atoms with Gasteiger partial charge < -0.3 is 11.1 Å². The van der Waals surface area contributed by atoms with Crippen molar-refractivity contribution in [2.45, 2.75) is 6.54 Å². The van der Waals surface area contributed by atoms with Gasteiger partial charge in [-0.3, -0.25) is 9.67 Å². The van der Waals surface area contributed by atoms with Crippen molar-refractivity contribution in [2.75, 3.05) is 11.1 Å². The Labute approximate surface area is 144 Å². The van der Waals surface area contributed by atoms with Crippen molar-refractivity contribution in [3.8, 4) is 11.4 Å². The van der Waals surface area contributed by atoms with E-state index in [2.05, 4.69) is 20.4 Å². The Bertz CT molecular complexity index is 1020. The summed E-state index contributed by atoms with van der Waals surface area (Å²) in [4.78, 5) is 13.4. The monoisotopic (exact) mass is 331 g/mol. The minimum Gasteiger partial charge on any atom is -0.399 e. The molecule has 7 nitrogen and oxygen atoms in total. The van der Waals surface area contributed by atoms with Gasteiger partial charge >= 0.3 is 0 Å². The van der Waals surface area contributed by atoms with E-state index in [-0.39, 0.29) is 0 Å². The largest absolute Gasteiger partial charge is 0.399 e. The molecule has 0 amide bonds. The third kappa shape index (κ3) is 2.99. The predicted octanol–water partition coefficient (Wildman–Crippen LogP) is 2.62. The number of hydrogen-bond donors (Lipinski definition) is 2. The smallest absolute Gasteiger partial charge is 0.164 e. The number of nitrogen functional groups attached to an aromatic ring is 1. The van der Waals surface area contributed by atoms with Gasteiger partial charge in [0.2, 0.25) is 0 Å². The molecule has 4 rings (SSSR count). The fourth-order valence-corrected chi connectivity index (χ4v) is 2.65. The van der Waals surface area contributed by atoms with Crippen LogP contribution in [0.3, 0.4) is 0 Å². The molecule has 1 aromatic carbocycles. The molecule has 0 bridgehead atoms. The molecule has 0 saturated heterocycles. The number of aromatic nitrogens is 5. The summed E-state index contributed by atoms with van der Waals surface area (Å²) in [5.41, 5.74) is 9.33. The van der Waals surface area contributed by atoms with Gasteiger partial charge in [-0.2, -0.15) is 5.10 Å². The van der Waals surface area contributed by atoms with E-state index in [1.807, 2.05) is 43.4 Å². The second-order valence-electron chi connectivity index (χ2n) is 5.74. The Hall–Kier alpha value is -3.48. The van der Waals surface area contributed by atoms with Crippen LogP contribution in [0.2, 0.25) is 0 Å². The number of hydrogen-bond acceptors (Lipinski definition) is 6. The first-order chi connectivity index (χ1) is 12.2. The van der Waals surface area contributed by atoms with Crippen LogP contribution in [0, 0.1) is 0 Å². The second kappa shape index (κ2) is 6.20. The highest BCUT2D eigenvalue weighted by Crippen LogP contribution is 2.25. The number of aryl methyl sites for hydroxylation is 1. The first kappa shape index (κ1) is 15.1. The molecular formula is C18H17N7. The second-order valence-corrected chi connectivity index (χ2v) is 5.74. The van der Waals surface area contributed by atoms with Crippen molar-refractivity contribution in [2.24, 2.45) is 7.05 Å². The maximum absolute atomic E-state index is 5.90. The molecule has 3 N–H and O–H groups in total. The number of nitrogens with zero attached hydrogens (tertiary/aromatic N) is 5. The number of nitrogens with one attached hydrogen (secondary N) is 1. The molecule has 3 heterocycles. The number of nitrogens with two attached hydrogens (primary N) is 1. The molecule has 3 aromatic heterocycles. The molecule has 0 unspecified atom stereocenters. The maximum atomic E-state index is 5.90. The molecule has 7 heteroatoms. The van der Waals surface area contributed by atoms with E-state index in [1.54, 1.807) is 23.3 Å². The van der Waals surface area contributed by atoms with E-state index in [9.17, 15) is 0 Å². The van der Waals surface area contributed by atoms with Crippen molar-refractivity contribution >= 4 is 22.5 Å². The maximum Gasteiger partial charge on any atom is 0.164 e. The minimum absolute atomic E-state index is 0.612. The average molecular weight is 331 g/mol. The summed E-state index contributed by atoms with van der Waals surface area (Å²) in [7, 11) is 1.87. The van der Waals surface area contributed by atoms with Crippen LogP contribution in [0.1, 0.15) is 5.56 Å². The van der Waals surface area contributed by atoms with Gasteiger partial charge in [0.05, 0.1) is 11.6 Å².